The van der Waals surface area contributed by atoms with Gasteiger partial charge in [-0.15, -0.1) is 10.2 Å². The Morgan fingerprint density at radius 2 is 1.63 bits per heavy atom. The maximum absolute atomic E-state index is 12.8. The van der Waals surface area contributed by atoms with Crippen molar-refractivity contribution in [3.05, 3.63) is 83.5 Å². The van der Waals surface area contributed by atoms with Crippen LogP contribution in [0.25, 0.3) is 22.5 Å². The minimum Gasteiger partial charge on any atom is -0.457 e. The number of hydrogen-bond acceptors (Lipinski definition) is 6. The summed E-state index contributed by atoms with van der Waals surface area (Å²) < 4.78 is 8.78. The number of pyridine rings is 1. The van der Waals surface area contributed by atoms with Gasteiger partial charge >= 0.3 is 0 Å². The first-order chi connectivity index (χ1) is 13.3. The molecule has 0 atom stereocenters. The van der Waals surface area contributed by atoms with Crippen LogP contribution in [-0.4, -0.2) is 29.4 Å². The van der Waals surface area contributed by atoms with Crippen LogP contribution >= 0.6 is 0 Å². The fourth-order valence-corrected chi connectivity index (χ4v) is 2.85. The van der Waals surface area contributed by atoms with E-state index in [1.54, 1.807) is 12.3 Å². The van der Waals surface area contributed by atoms with Crippen molar-refractivity contribution >= 4 is 16.8 Å². The lowest BCUT2D eigenvalue weighted by molar-refractivity contribution is 0.482. The summed E-state index contributed by atoms with van der Waals surface area (Å²) in [7, 11) is 0. The molecule has 0 fully saturated rings. The molecule has 27 heavy (non-hydrogen) atoms. The zero-order valence-electron chi connectivity index (χ0n) is 13.9. The molecule has 0 N–H and O–H groups in total. The maximum atomic E-state index is 12.8. The predicted molar refractivity (Wildman–Crippen MR) is 98.2 cm³/mol. The van der Waals surface area contributed by atoms with E-state index < -0.39 is 0 Å². The third kappa shape index (κ3) is 2.60. The van der Waals surface area contributed by atoms with Gasteiger partial charge in [0, 0.05) is 11.9 Å². The zero-order chi connectivity index (χ0) is 18.2. The fraction of sp³-hybridized carbons (Fsp3) is 0. The Morgan fingerprint density at radius 3 is 2.44 bits per heavy atom. The molecule has 0 aliphatic carbocycles. The van der Waals surface area contributed by atoms with Crippen LogP contribution in [0.2, 0.25) is 0 Å². The molecular weight excluding hydrogens is 344 g/mol. The van der Waals surface area contributed by atoms with Crippen molar-refractivity contribution in [3.8, 4) is 17.2 Å². The summed E-state index contributed by atoms with van der Waals surface area (Å²) in [4.78, 5) is 16.8. The minimum absolute atomic E-state index is 0.222. The SMILES string of the molecule is O=c1c2nnc3ncnn3c2ccn1-c1ccc(Oc2ccccc2)cc1. The minimum atomic E-state index is -0.283. The Labute approximate surface area is 152 Å². The molecule has 0 radical (unpaired) electrons. The molecule has 8 nitrogen and oxygen atoms in total. The van der Waals surface area contributed by atoms with Crippen LogP contribution in [0.5, 0.6) is 11.5 Å². The second-order valence-corrected chi connectivity index (χ2v) is 5.81. The third-order valence-electron chi connectivity index (χ3n) is 4.14. The predicted octanol–water partition coefficient (Wildman–Crippen LogP) is 2.62. The molecule has 0 saturated heterocycles. The molecule has 0 aliphatic rings. The number of benzene rings is 2. The van der Waals surface area contributed by atoms with E-state index in [9.17, 15) is 4.79 Å². The first-order valence-corrected chi connectivity index (χ1v) is 8.21. The highest BCUT2D eigenvalue weighted by Crippen LogP contribution is 2.22. The molecule has 0 bridgehead atoms. The number of nitrogens with zero attached hydrogens (tertiary/aromatic N) is 6. The maximum Gasteiger partial charge on any atom is 0.285 e. The molecule has 5 aromatic rings. The Morgan fingerprint density at radius 1 is 0.852 bits per heavy atom. The summed E-state index contributed by atoms with van der Waals surface area (Å²) in [5, 5.41) is 12.0. The summed E-state index contributed by atoms with van der Waals surface area (Å²) in [5.74, 6) is 1.78. The molecular formula is C19H12N6O2. The molecule has 0 aliphatic heterocycles. The van der Waals surface area contributed by atoms with Crippen LogP contribution in [0.1, 0.15) is 0 Å². The van der Waals surface area contributed by atoms with Crippen molar-refractivity contribution in [3.63, 3.8) is 0 Å². The molecule has 3 aromatic heterocycles. The summed E-state index contributed by atoms with van der Waals surface area (Å²) in [5.41, 5.74) is 1.19. The highest BCUT2D eigenvalue weighted by atomic mass is 16.5. The first kappa shape index (κ1) is 15.2. The summed E-state index contributed by atoms with van der Waals surface area (Å²) in [6.07, 6.45) is 3.06. The fourth-order valence-electron chi connectivity index (χ4n) is 2.85. The first-order valence-electron chi connectivity index (χ1n) is 8.21. The Kier molecular flexibility index (Phi) is 3.39. The zero-order valence-corrected chi connectivity index (χ0v) is 13.9. The van der Waals surface area contributed by atoms with Gasteiger partial charge in [0.05, 0.1) is 0 Å². The van der Waals surface area contributed by atoms with Crippen molar-refractivity contribution < 1.29 is 4.74 Å². The number of fused-ring (bicyclic) bond motifs is 3. The monoisotopic (exact) mass is 356 g/mol. The summed E-state index contributed by atoms with van der Waals surface area (Å²) in [6.45, 7) is 0. The average molecular weight is 356 g/mol. The lowest BCUT2D eigenvalue weighted by Crippen LogP contribution is -2.20. The van der Waals surface area contributed by atoms with Gasteiger partial charge < -0.3 is 4.74 Å². The van der Waals surface area contributed by atoms with Crippen molar-refractivity contribution in [2.24, 2.45) is 0 Å². The van der Waals surface area contributed by atoms with E-state index in [2.05, 4.69) is 20.3 Å². The highest BCUT2D eigenvalue weighted by Gasteiger charge is 2.11. The van der Waals surface area contributed by atoms with E-state index in [0.717, 1.165) is 5.75 Å². The standard InChI is InChI=1S/C19H12N6O2/c26-18-17-16(25-19(23-22-17)20-12-21-25)10-11-24(18)13-6-8-15(9-7-13)27-14-4-2-1-3-5-14/h1-12H. The molecule has 3 heterocycles. The molecule has 5 rings (SSSR count). The highest BCUT2D eigenvalue weighted by molar-refractivity contribution is 5.74. The van der Waals surface area contributed by atoms with Gasteiger partial charge in [0.1, 0.15) is 23.3 Å². The van der Waals surface area contributed by atoms with Gasteiger partial charge in [0.2, 0.25) is 0 Å². The van der Waals surface area contributed by atoms with Gasteiger partial charge in [-0.05, 0) is 42.5 Å². The molecule has 8 heteroatoms. The molecule has 0 spiro atoms. The Balaban J connectivity index is 1.54. The lowest BCUT2D eigenvalue weighted by Gasteiger charge is -2.09. The van der Waals surface area contributed by atoms with Crippen LogP contribution in [0.4, 0.5) is 0 Å². The van der Waals surface area contributed by atoms with E-state index in [-0.39, 0.29) is 11.1 Å². The molecule has 0 unspecified atom stereocenters. The largest absolute Gasteiger partial charge is 0.457 e. The number of aromatic nitrogens is 6. The summed E-state index contributed by atoms with van der Waals surface area (Å²) >= 11 is 0. The second kappa shape index (κ2) is 6.03. The molecule has 130 valence electrons. The van der Waals surface area contributed by atoms with Crippen LogP contribution < -0.4 is 10.3 Å². The van der Waals surface area contributed by atoms with Gasteiger partial charge in [0.25, 0.3) is 11.3 Å². The number of ether oxygens (including phenoxy) is 1. The molecule has 0 amide bonds. The van der Waals surface area contributed by atoms with E-state index in [1.165, 1.54) is 15.4 Å². The van der Waals surface area contributed by atoms with Gasteiger partial charge in [-0.1, -0.05) is 18.2 Å². The van der Waals surface area contributed by atoms with Crippen molar-refractivity contribution in [1.82, 2.24) is 29.4 Å². The second-order valence-electron chi connectivity index (χ2n) is 5.81. The van der Waals surface area contributed by atoms with Crippen LogP contribution in [0.3, 0.4) is 0 Å². The van der Waals surface area contributed by atoms with Crippen molar-refractivity contribution in [2.75, 3.05) is 0 Å². The number of para-hydroxylation sites is 1. The van der Waals surface area contributed by atoms with E-state index in [0.29, 0.717) is 22.7 Å². The smallest absolute Gasteiger partial charge is 0.285 e. The van der Waals surface area contributed by atoms with Gasteiger partial charge in [-0.3, -0.25) is 9.36 Å². The lowest BCUT2D eigenvalue weighted by atomic mass is 10.2. The van der Waals surface area contributed by atoms with Crippen molar-refractivity contribution in [1.29, 1.82) is 0 Å². The number of rotatable bonds is 3. The van der Waals surface area contributed by atoms with Crippen LogP contribution in [0, 0.1) is 0 Å². The third-order valence-corrected chi connectivity index (χ3v) is 4.14. The Hall–Kier alpha value is -4.07. The van der Waals surface area contributed by atoms with Crippen molar-refractivity contribution in [2.45, 2.75) is 0 Å². The summed E-state index contributed by atoms with van der Waals surface area (Å²) in [6, 6.07) is 18.5. The normalized spacial score (nSPS) is 11.1. The van der Waals surface area contributed by atoms with Crippen LogP contribution in [0.15, 0.2) is 78.0 Å². The Bertz CT molecular complexity index is 1310. The van der Waals surface area contributed by atoms with Gasteiger partial charge in [-0.25, -0.2) is 0 Å². The van der Waals surface area contributed by atoms with E-state index >= 15 is 0 Å². The van der Waals surface area contributed by atoms with E-state index in [1.807, 2.05) is 54.6 Å². The van der Waals surface area contributed by atoms with Crippen LogP contribution in [-0.2, 0) is 0 Å². The molecule has 2 aromatic carbocycles. The molecule has 0 saturated carbocycles. The van der Waals surface area contributed by atoms with Gasteiger partial charge in [-0.2, -0.15) is 14.6 Å². The quantitative estimate of drug-likeness (QED) is 0.494. The topological polar surface area (TPSA) is 87.2 Å². The van der Waals surface area contributed by atoms with E-state index in [4.69, 9.17) is 4.74 Å². The average Bonchev–Trinajstić information content (AvgIpc) is 3.19. The van der Waals surface area contributed by atoms with Gasteiger partial charge in [0.15, 0.2) is 5.52 Å². The number of hydrogen-bond donors (Lipinski definition) is 0.